The Bertz CT molecular complexity index is 705. The van der Waals surface area contributed by atoms with Gasteiger partial charge in [-0.3, -0.25) is 4.79 Å². The molecule has 1 aromatic rings. The highest BCUT2D eigenvalue weighted by Crippen LogP contribution is 2.39. The van der Waals surface area contributed by atoms with Gasteiger partial charge >= 0.3 is 0 Å². The zero-order chi connectivity index (χ0) is 18.0. The van der Waals surface area contributed by atoms with Crippen LogP contribution < -0.4 is 10.1 Å². The molecule has 0 spiro atoms. The molecule has 0 radical (unpaired) electrons. The Morgan fingerprint density at radius 3 is 2.28 bits per heavy atom. The van der Waals surface area contributed by atoms with Gasteiger partial charge in [0.05, 0.1) is 12.0 Å². The van der Waals surface area contributed by atoms with E-state index in [1.54, 1.807) is 35.7 Å². The Morgan fingerprint density at radius 1 is 1.16 bits per heavy atom. The number of ether oxygens (including phenoxy) is 2. The highest BCUT2D eigenvalue weighted by Gasteiger charge is 2.47. The van der Waals surface area contributed by atoms with Crippen molar-refractivity contribution in [2.24, 2.45) is 0 Å². The molecule has 0 aromatic heterocycles. The molecule has 1 amide bonds. The van der Waals surface area contributed by atoms with Crippen LogP contribution in [-0.4, -0.2) is 57.6 Å². The second kappa shape index (κ2) is 7.31. The molecule has 25 heavy (non-hydrogen) atoms. The fourth-order valence-electron chi connectivity index (χ4n) is 3.91. The lowest BCUT2D eigenvalue weighted by Crippen LogP contribution is -2.52. The maximum absolute atomic E-state index is 13.1. The fraction of sp³-hybridized carbons (Fsp3) is 0.588. The summed E-state index contributed by atoms with van der Waals surface area (Å²) in [7, 11) is -0.517. The number of benzene rings is 1. The summed E-state index contributed by atoms with van der Waals surface area (Å²) in [6.07, 6.45) is 2.94. The van der Waals surface area contributed by atoms with Gasteiger partial charge < -0.3 is 14.8 Å². The highest BCUT2D eigenvalue weighted by atomic mass is 32.2. The largest absolute Gasteiger partial charge is 0.497 e. The van der Waals surface area contributed by atoms with E-state index in [0.717, 1.165) is 12.8 Å². The summed E-state index contributed by atoms with van der Waals surface area (Å²) in [5.41, 5.74) is 0. The van der Waals surface area contributed by atoms with E-state index < -0.39 is 10.0 Å². The van der Waals surface area contributed by atoms with Crippen LogP contribution in [0.15, 0.2) is 29.2 Å². The highest BCUT2D eigenvalue weighted by molar-refractivity contribution is 7.89. The van der Waals surface area contributed by atoms with Crippen LogP contribution in [0, 0.1) is 0 Å². The number of nitrogens with zero attached hydrogens (tertiary/aromatic N) is 1. The first-order chi connectivity index (χ1) is 12.0. The van der Waals surface area contributed by atoms with Gasteiger partial charge in [0, 0.05) is 25.2 Å². The quantitative estimate of drug-likeness (QED) is 0.814. The maximum Gasteiger partial charge on any atom is 0.246 e. The number of hydrogen-bond acceptors (Lipinski definition) is 5. The van der Waals surface area contributed by atoms with Gasteiger partial charge in [0.25, 0.3) is 0 Å². The number of amides is 1. The molecule has 1 N–H and O–H groups in total. The van der Waals surface area contributed by atoms with Gasteiger partial charge in [-0.1, -0.05) is 0 Å². The van der Waals surface area contributed by atoms with Crippen molar-refractivity contribution in [2.75, 3.05) is 20.8 Å². The molecule has 2 atom stereocenters. The van der Waals surface area contributed by atoms with Crippen molar-refractivity contribution in [3.63, 3.8) is 0 Å². The van der Waals surface area contributed by atoms with E-state index in [0.29, 0.717) is 18.6 Å². The van der Waals surface area contributed by atoms with E-state index in [2.05, 4.69) is 5.32 Å². The molecule has 3 rings (SSSR count). The summed E-state index contributed by atoms with van der Waals surface area (Å²) >= 11 is 0. The predicted molar refractivity (Wildman–Crippen MR) is 91.9 cm³/mol. The first kappa shape index (κ1) is 18.2. The van der Waals surface area contributed by atoms with Crippen molar-refractivity contribution < 1.29 is 22.7 Å². The average Bonchev–Trinajstić information content (AvgIpc) is 2.87. The molecule has 2 heterocycles. The van der Waals surface area contributed by atoms with Crippen LogP contribution in [-0.2, 0) is 19.6 Å². The first-order valence-electron chi connectivity index (χ1n) is 8.41. The van der Waals surface area contributed by atoms with Crippen LogP contribution in [0.4, 0.5) is 0 Å². The van der Waals surface area contributed by atoms with Gasteiger partial charge in [0.2, 0.25) is 15.9 Å². The lowest BCUT2D eigenvalue weighted by atomic mass is 10.00. The third-order valence-electron chi connectivity index (χ3n) is 4.94. The third kappa shape index (κ3) is 3.65. The summed E-state index contributed by atoms with van der Waals surface area (Å²) < 4.78 is 37.7. The molecule has 0 saturated carbocycles. The Hall–Kier alpha value is -1.64. The minimum Gasteiger partial charge on any atom is -0.497 e. The maximum atomic E-state index is 13.1. The molecule has 138 valence electrons. The Kier molecular flexibility index (Phi) is 5.31. The van der Waals surface area contributed by atoms with Gasteiger partial charge in [-0.2, -0.15) is 4.31 Å². The van der Waals surface area contributed by atoms with Crippen LogP contribution in [0.1, 0.15) is 25.7 Å². The zero-order valence-corrected chi connectivity index (χ0v) is 15.3. The number of nitrogens with one attached hydrogen (secondary N) is 1. The number of piperidine rings is 1. The number of methoxy groups -OCH3 is 2. The van der Waals surface area contributed by atoms with Crippen molar-refractivity contribution in [3.8, 4) is 5.75 Å². The monoisotopic (exact) mass is 368 g/mol. The molecule has 2 aliphatic heterocycles. The SMILES string of the molecule is COCC(=O)NC1CC2CCC(C1)N2S(=O)(=O)c1ccc(OC)cc1. The van der Waals surface area contributed by atoms with Crippen LogP contribution in [0.5, 0.6) is 5.75 Å². The molecule has 2 fully saturated rings. The summed E-state index contributed by atoms with van der Waals surface area (Å²) in [6.45, 7) is 0.0275. The number of carbonyl (C=O) groups excluding carboxylic acids is 1. The van der Waals surface area contributed by atoms with Crippen LogP contribution in [0.3, 0.4) is 0 Å². The Labute approximate surface area is 148 Å². The number of fused-ring (bicyclic) bond motifs is 2. The molecule has 7 nitrogen and oxygen atoms in total. The molecular weight excluding hydrogens is 344 g/mol. The van der Waals surface area contributed by atoms with E-state index in [4.69, 9.17) is 9.47 Å². The van der Waals surface area contributed by atoms with Gasteiger partial charge in [-0.15, -0.1) is 0 Å². The number of carbonyl (C=O) groups is 1. The lowest BCUT2D eigenvalue weighted by molar-refractivity contribution is -0.125. The van der Waals surface area contributed by atoms with Crippen molar-refractivity contribution in [1.82, 2.24) is 9.62 Å². The topological polar surface area (TPSA) is 84.9 Å². The Morgan fingerprint density at radius 2 is 1.76 bits per heavy atom. The number of sulfonamides is 1. The molecular formula is C17H24N2O5S. The molecule has 2 aliphatic rings. The molecule has 2 saturated heterocycles. The van der Waals surface area contributed by atoms with Gasteiger partial charge in [0.1, 0.15) is 12.4 Å². The molecule has 0 aliphatic carbocycles. The van der Waals surface area contributed by atoms with E-state index in [1.807, 2.05) is 0 Å². The first-order valence-corrected chi connectivity index (χ1v) is 9.85. The van der Waals surface area contributed by atoms with Crippen molar-refractivity contribution in [2.45, 2.75) is 48.7 Å². The van der Waals surface area contributed by atoms with Gasteiger partial charge in [0.15, 0.2) is 0 Å². The lowest BCUT2D eigenvalue weighted by Gasteiger charge is -2.38. The normalized spacial score (nSPS) is 26.4. The smallest absolute Gasteiger partial charge is 0.246 e. The molecule has 1 aromatic carbocycles. The third-order valence-corrected chi connectivity index (χ3v) is 6.96. The van der Waals surface area contributed by atoms with E-state index in [9.17, 15) is 13.2 Å². The number of hydrogen-bond donors (Lipinski definition) is 1. The Balaban J connectivity index is 1.74. The average molecular weight is 368 g/mol. The summed E-state index contributed by atoms with van der Waals surface area (Å²) in [5.74, 6) is 0.472. The summed E-state index contributed by atoms with van der Waals surface area (Å²) in [5, 5.41) is 2.95. The fourth-order valence-corrected chi connectivity index (χ4v) is 5.81. The standard InChI is InChI=1S/C17H24N2O5S/c1-23-11-17(20)18-12-9-13-3-4-14(10-12)19(13)25(21,22)16-7-5-15(24-2)6-8-16/h5-8,12-14H,3-4,9-11H2,1-2H3,(H,18,20). The van der Waals surface area contributed by atoms with Gasteiger partial charge in [-0.25, -0.2) is 8.42 Å². The molecule has 2 unspecified atom stereocenters. The molecule has 8 heteroatoms. The van der Waals surface area contributed by atoms with Crippen LogP contribution in [0.25, 0.3) is 0 Å². The van der Waals surface area contributed by atoms with Crippen molar-refractivity contribution in [1.29, 1.82) is 0 Å². The minimum atomic E-state index is -3.54. The van der Waals surface area contributed by atoms with Crippen LogP contribution >= 0.6 is 0 Å². The zero-order valence-electron chi connectivity index (χ0n) is 14.5. The van der Waals surface area contributed by atoms with E-state index in [-0.39, 0.29) is 35.5 Å². The van der Waals surface area contributed by atoms with E-state index in [1.165, 1.54) is 7.11 Å². The summed E-state index contributed by atoms with van der Waals surface area (Å²) in [6, 6.07) is 6.35. The van der Waals surface area contributed by atoms with E-state index >= 15 is 0 Å². The molecule has 2 bridgehead atoms. The predicted octanol–water partition coefficient (Wildman–Crippen LogP) is 1.14. The van der Waals surface area contributed by atoms with Crippen LogP contribution in [0.2, 0.25) is 0 Å². The second-order valence-electron chi connectivity index (χ2n) is 6.56. The minimum absolute atomic E-state index is 0.00228. The van der Waals surface area contributed by atoms with Gasteiger partial charge in [-0.05, 0) is 49.9 Å². The van der Waals surface area contributed by atoms with Crippen molar-refractivity contribution >= 4 is 15.9 Å². The van der Waals surface area contributed by atoms with Crippen molar-refractivity contribution in [3.05, 3.63) is 24.3 Å². The second-order valence-corrected chi connectivity index (χ2v) is 8.41. The number of rotatable bonds is 6. The summed E-state index contributed by atoms with van der Waals surface area (Å²) in [4.78, 5) is 12.0.